The van der Waals surface area contributed by atoms with Crippen molar-refractivity contribution in [3.8, 4) is 0 Å². The summed E-state index contributed by atoms with van der Waals surface area (Å²) in [6.07, 6.45) is 3.37. The van der Waals surface area contributed by atoms with Gasteiger partial charge in [-0.3, -0.25) is 4.90 Å². The number of ether oxygens (including phenoxy) is 1. The van der Waals surface area contributed by atoms with Crippen LogP contribution in [0.5, 0.6) is 0 Å². The summed E-state index contributed by atoms with van der Waals surface area (Å²) in [5.41, 5.74) is 9.00. The quantitative estimate of drug-likeness (QED) is 0.832. The fourth-order valence-corrected chi connectivity index (χ4v) is 3.06. The van der Waals surface area contributed by atoms with Crippen molar-refractivity contribution >= 4 is 16.7 Å². The van der Waals surface area contributed by atoms with Gasteiger partial charge in [0.25, 0.3) is 0 Å². The first kappa shape index (κ1) is 15.3. The molecule has 1 fully saturated rings. The van der Waals surface area contributed by atoms with Crippen LogP contribution in [0.1, 0.15) is 25.6 Å². The van der Waals surface area contributed by atoms with E-state index in [0.717, 1.165) is 57.0 Å². The van der Waals surface area contributed by atoms with Crippen molar-refractivity contribution in [3.63, 3.8) is 0 Å². The summed E-state index contributed by atoms with van der Waals surface area (Å²) < 4.78 is 7.78. The Hall–Kier alpha value is -1.59. The number of rotatable bonds is 6. The monoisotopic (exact) mass is 302 g/mol. The molecular formula is C17H26N4O. The van der Waals surface area contributed by atoms with Crippen molar-refractivity contribution in [3.05, 3.63) is 24.0 Å². The third kappa shape index (κ3) is 3.25. The number of unbranched alkanes of at least 4 members (excludes halogenated alkanes) is 1. The van der Waals surface area contributed by atoms with Crippen LogP contribution in [0.3, 0.4) is 0 Å². The molecule has 0 unspecified atom stereocenters. The summed E-state index contributed by atoms with van der Waals surface area (Å²) in [6, 6.07) is 6.09. The lowest BCUT2D eigenvalue weighted by Gasteiger charge is -2.27. The molecule has 0 radical (unpaired) electrons. The number of hydrogen-bond acceptors (Lipinski definition) is 4. The molecule has 1 aliphatic heterocycles. The van der Waals surface area contributed by atoms with E-state index in [1.165, 1.54) is 24.2 Å². The first-order valence-electron chi connectivity index (χ1n) is 8.33. The molecule has 2 N–H and O–H groups in total. The van der Waals surface area contributed by atoms with Crippen LogP contribution in [0.15, 0.2) is 18.2 Å². The lowest BCUT2D eigenvalue weighted by Crippen LogP contribution is -2.38. The minimum Gasteiger partial charge on any atom is -0.397 e. The summed E-state index contributed by atoms with van der Waals surface area (Å²) in [7, 11) is 0. The normalized spacial score (nSPS) is 16.4. The molecule has 0 spiro atoms. The standard InChI is InChI=1S/C17H26N4O/c1-2-3-7-16-19-17-14(18)5-4-6-15(17)21(16)9-8-20-10-12-22-13-11-20/h4-6H,2-3,7-13,18H2,1H3. The van der Waals surface area contributed by atoms with Gasteiger partial charge in [0, 0.05) is 32.6 Å². The summed E-state index contributed by atoms with van der Waals surface area (Å²) in [6.45, 7) is 7.98. The van der Waals surface area contributed by atoms with Crippen molar-refractivity contribution in [1.82, 2.24) is 14.5 Å². The predicted octanol–water partition coefficient (Wildman–Crippen LogP) is 2.29. The zero-order valence-corrected chi connectivity index (χ0v) is 13.4. The number of imidazole rings is 1. The summed E-state index contributed by atoms with van der Waals surface area (Å²) >= 11 is 0. The highest BCUT2D eigenvalue weighted by Gasteiger charge is 2.15. The van der Waals surface area contributed by atoms with Crippen LogP contribution in [-0.2, 0) is 17.7 Å². The van der Waals surface area contributed by atoms with Crippen LogP contribution >= 0.6 is 0 Å². The number of fused-ring (bicyclic) bond motifs is 1. The number of morpholine rings is 1. The summed E-state index contributed by atoms with van der Waals surface area (Å²) in [5.74, 6) is 1.17. The van der Waals surface area contributed by atoms with Gasteiger partial charge in [-0.05, 0) is 18.6 Å². The Balaban J connectivity index is 1.82. The molecule has 1 aromatic heterocycles. The molecule has 1 saturated heterocycles. The Labute approximate surface area is 132 Å². The number of nitrogens with two attached hydrogens (primary N) is 1. The maximum Gasteiger partial charge on any atom is 0.112 e. The van der Waals surface area contributed by atoms with E-state index in [0.29, 0.717) is 0 Å². The molecule has 22 heavy (non-hydrogen) atoms. The zero-order valence-electron chi connectivity index (χ0n) is 13.4. The molecule has 0 bridgehead atoms. The Kier molecular flexibility index (Phi) is 4.95. The molecule has 0 aliphatic carbocycles. The second-order valence-corrected chi connectivity index (χ2v) is 5.95. The number of nitrogens with zero attached hydrogens (tertiary/aromatic N) is 3. The van der Waals surface area contributed by atoms with Gasteiger partial charge >= 0.3 is 0 Å². The van der Waals surface area contributed by atoms with Crippen molar-refractivity contribution in [2.45, 2.75) is 32.7 Å². The second kappa shape index (κ2) is 7.11. The van der Waals surface area contributed by atoms with E-state index in [4.69, 9.17) is 15.5 Å². The van der Waals surface area contributed by atoms with Gasteiger partial charge < -0.3 is 15.0 Å². The highest BCUT2D eigenvalue weighted by atomic mass is 16.5. The van der Waals surface area contributed by atoms with Gasteiger partial charge in [-0.25, -0.2) is 4.98 Å². The summed E-state index contributed by atoms with van der Waals surface area (Å²) in [5, 5.41) is 0. The molecule has 120 valence electrons. The fourth-order valence-electron chi connectivity index (χ4n) is 3.06. The van der Waals surface area contributed by atoms with Crippen molar-refractivity contribution in [2.75, 3.05) is 38.6 Å². The number of aryl methyl sites for hydroxylation is 1. The smallest absolute Gasteiger partial charge is 0.112 e. The van der Waals surface area contributed by atoms with Gasteiger partial charge in [-0.1, -0.05) is 19.4 Å². The van der Waals surface area contributed by atoms with Gasteiger partial charge in [0.2, 0.25) is 0 Å². The number of benzene rings is 1. The van der Waals surface area contributed by atoms with Gasteiger partial charge in [-0.15, -0.1) is 0 Å². The number of hydrogen-bond donors (Lipinski definition) is 1. The third-order valence-corrected chi connectivity index (χ3v) is 4.39. The van der Waals surface area contributed by atoms with Crippen LogP contribution < -0.4 is 5.73 Å². The minimum absolute atomic E-state index is 0.778. The topological polar surface area (TPSA) is 56.3 Å². The molecule has 0 amide bonds. The van der Waals surface area contributed by atoms with E-state index in [-0.39, 0.29) is 0 Å². The van der Waals surface area contributed by atoms with Crippen LogP contribution in [0.25, 0.3) is 11.0 Å². The fraction of sp³-hybridized carbons (Fsp3) is 0.588. The molecule has 1 aromatic carbocycles. The molecule has 5 nitrogen and oxygen atoms in total. The highest BCUT2D eigenvalue weighted by Crippen LogP contribution is 2.23. The molecule has 5 heteroatoms. The van der Waals surface area contributed by atoms with Crippen molar-refractivity contribution < 1.29 is 4.74 Å². The molecule has 0 saturated carbocycles. The number of para-hydroxylation sites is 1. The third-order valence-electron chi connectivity index (χ3n) is 4.39. The van der Waals surface area contributed by atoms with Crippen LogP contribution in [0.4, 0.5) is 5.69 Å². The number of nitrogen functional groups attached to an aromatic ring is 1. The molecule has 3 rings (SSSR count). The van der Waals surface area contributed by atoms with Crippen LogP contribution in [0, 0.1) is 0 Å². The Morgan fingerprint density at radius 3 is 2.82 bits per heavy atom. The molecule has 2 heterocycles. The minimum atomic E-state index is 0.778. The number of aromatic nitrogens is 2. The van der Waals surface area contributed by atoms with E-state index in [2.05, 4.69) is 22.5 Å². The Morgan fingerprint density at radius 1 is 1.23 bits per heavy atom. The van der Waals surface area contributed by atoms with E-state index >= 15 is 0 Å². The van der Waals surface area contributed by atoms with E-state index in [9.17, 15) is 0 Å². The van der Waals surface area contributed by atoms with Crippen LogP contribution in [0.2, 0.25) is 0 Å². The first-order valence-corrected chi connectivity index (χ1v) is 8.33. The lowest BCUT2D eigenvalue weighted by atomic mass is 10.2. The largest absolute Gasteiger partial charge is 0.397 e. The number of anilines is 1. The molecule has 0 atom stereocenters. The zero-order chi connectivity index (χ0) is 15.4. The van der Waals surface area contributed by atoms with Gasteiger partial charge in [0.1, 0.15) is 11.3 Å². The lowest BCUT2D eigenvalue weighted by molar-refractivity contribution is 0.0364. The predicted molar refractivity (Wildman–Crippen MR) is 90.0 cm³/mol. The SMILES string of the molecule is CCCCc1nc2c(N)cccc2n1CCN1CCOCC1. The highest BCUT2D eigenvalue weighted by molar-refractivity contribution is 5.87. The summed E-state index contributed by atoms with van der Waals surface area (Å²) in [4.78, 5) is 7.27. The van der Waals surface area contributed by atoms with Gasteiger partial charge in [-0.2, -0.15) is 0 Å². The van der Waals surface area contributed by atoms with E-state index in [1.807, 2.05) is 12.1 Å². The Morgan fingerprint density at radius 2 is 2.05 bits per heavy atom. The Bertz CT molecular complexity index is 616. The average molecular weight is 302 g/mol. The average Bonchev–Trinajstić information content (AvgIpc) is 2.91. The maximum absolute atomic E-state index is 6.10. The molecular weight excluding hydrogens is 276 g/mol. The van der Waals surface area contributed by atoms with Gasteiger partial charge in [0.15, 0.2) is 0 Å². The first-order chi connectivity index (χ1) is 10.8. The van der Waals surface area contributed by atoms with E-state index in [1.54, 1.807) is 0 Å². The molecule has 2 aromatic rings. The molecule has 1 aliphatic rings. The second-order valence-electron chi connectivity index (χ2n) is 5.95. The van der Waals surface area contributed by atoms with Gasteiger partial charge in [0.05, 0.1) is 24.4 Å². The van der Waals surface area contributed by atoms with E-state index < -0.39 is 0 Å². The maximum atomic E-state index is 6.10. The van der Waals surface area contributed by atoms with Crippen molar-refractivity contribution in [2.24, 2.45) is 0 Å². The van der Waals surface area contributed by atoms with Crippen molar-refractivity contribution in [1.29, 1.82) is 0 Å². The van der Waals surface area contributed by atoms with Crippen LogP contribution in [-0.4, -0.2) is 47.3 Å².